The molecule has 0 heterocycles. The maximum absolute atomic E-state index is 12.4. The van der Waals surface area contributed by atoms with Crippen molar-refractivity contribution in [2.24, 2.45) is 0 Å². The standard InChI is InChI=1S/C20H22N2O2/c1-4-16-5-7-18(8-6-16)14-22(3)20(23)15(2)24-19-11-9-17(13-21)10-12-19/h5-12,15H,4,14H2,1-3H3. The van der Waals surface area contributed by atoms with Crippen molar-refractivity contribution in [3.63, 3.8) is 0 Å². The van der Waals surface area contributed by atoms with E-state index in [9.17, 15) is 4.79 Å². The number of amides is 1. The molecule has 24 heavy (non-hydrogen) atoms. The van der Waals surface area contributed by atoms with Crippen molar-refractivity contribution >= 4 is 5.91 Å². The Labute approximate surface area is 143 Å². The molecule has 2 rings (SSSR count). The van der Waals surface area contributed by atoms with Crippen LogP contribution >= 0.6 is 0 Å². The van der Waals surface area contributed by atoms with E-state index in [0.29, 0.717) is 17.9 Å². The first kappa shape index (κ1) is 17.6. The van der Waals surface area contributed by atoms with Crippen molar-refractivity contribution in [3.8, 4) is 11.8 Å². The Morgan fingerprint density at radius 1 is 1.12 bits per heavy atom. The van der Waals surface area contributed by atoms with E-state index in [4.69, 9.17) is 10.00 Å². The van der Waals surface area contributed by atoms with E-state index in [0.717, 1.165) is 12.0 Å². The molecule has 0 aliphatic carbocycles. The predicted octanol–water partition coefficient (Wildman–Crippen LogP) is 3.55. The molecule has 0 saturated heterocycles. The van der Waals surface area contributed by atoms with Crippen molar-refractivity contribution in [1.82, 2.24) is 4.90 Å². The lowest BCUT2D eigenvalue weighted by Crippen LogP contribution is -2.37. The molecule has 0 aromatic heterocycles. The zero-order chi connectivity index (χ0) is 17.5. The van der Waals surface area contributed by atoms with Crippen LogP contribution in [0.1, 0.15) is 30.5 Å². The van der Waals surface area contributed by atoms with Gasteiger partial charge in [-0.3, -0.25) is 4.79 Å². The zero-order valence-electron chi connectivity index (χ0n) is 14.3. The summed E-state index contributed by atoms with van der Waals surface area (Å²) in [5.74, 6) is 0.495. The number of hydrogen-bond donors (Lipinski definition) is 0. The highest BCUT2D eigenvalue weighted by molar-refractivity contribution is 5.80. The number of ether oxygens (including phenoxy) is 1. The minimum absolute atomic E-state index is 0.0843. The lowest BCUT2D eigenvalue weighted by Gasteiger charge is -2.22. The maximum Gasteiger partial charge on any atom is 0.263 e. The monoisotopic (exact) mass is 322 g/mol. The van der Waals surface area contributed by atoms with Crippen molar-refractivity contribution < 1.29 is 9.53 Å². The summed E-state index contributed by atoms with van der Waals surface area (Å²) < 4.78 is 5.67. The highest BCUT2D eigenvalue weighted by Gasteiger charge is 2.19. The van der Waals surface area contributed by atoms with Gasteiger partial charge in [-0.1, -0.05) is 31.2 Å². The first-order valence-electron chi connectivity index (χ1n) is 8.03. The topological polar surface area (TPSA) is 53.3 Å². The van der Waals surface area contributed by atoms with E-state index in [1.165, 1.54) is 5.56 Å². The molecule has 1 amide bonds. The van der Waals surface area contributed by atoms with Gasteiger partial charge in [0, 0.05) is 13.6 Å². The van der Waals surface area contributed by atoms with Gasteiger partial charge in [-0.25, -0.2) is 0 Å². The SMILES string of the molecule is CCc1ccc(CN(C)C(=O)C(C)Oc2ccc(C#N)cc2)cc1. The smallest absolute Gasteiger partial charge is 0.263 e. The van der Waals surface area contributed by atoms with Gasteiger partial charge in [0.15, 0.2) is 6.10 Å². The van der Waals surface area contributed by atoms with Gasteiger partial charge in [0.25, 0.3) is 5.91 Å². The number of carbonyl (C=O) groups excluding carboxylic acids is 1. The third kappa shape index (κ3) is 4.60. The second kappa shape index (κ2) is 8.16. The fourth-order valence-electron chi connectivity index (χ4n) is 2.41. The van der Waals surface area contributed by atoms with E-state index < -0.39 is 6.10 Å². The summed E-state index contributed by atoms with van der Waals surface area (Å²) in [5, 5.41) is 8.79. The Morgan fingerprint density at radius 3 is 2.25 bits per heavy atom. The van der Waals surface area contributed by atoms with Crippen LogP contribution in [0.15, 0.2) is 48.5 Å². The van der Waals surface area contributed by atoms with Crippen LogP contribution in [0.2, 0.25) is 0 Å². The Bertz CT molecular complexity index is 715. The fourth-order valence-corrected chi connectivity index (χ4v) is 2.41. The number of carbonyl (C=O) groups is 1. The van der Waals surface area contributed by atoms with Gasteiger partial charge in [0.05, 0.1) is 11.6 Å². The minimum Gasteiger partial charge on any atom is -0.481 e. The summed E-state index contributed by atoms with van der Waals surface area (Å²) in [6.45, 7) is 4.40. The number of rotatable bonds is 6. The lowest BCUT2D eigenvalue weighted by molar-refractivity contribution is -0.137. The van der Waals surface area contributed by atoms with Crippen LogP contribution in [0.5, 0.6) is 5.75 Å². The maximum atomic E-state index is 12.4. The molecule has 4 nitrogen and oxygen atoms in total. The number of aryl methyl sites for hydroxylation is 1. The molecule has 1 atom stereocenters. The van der Waals surface area contributed by atoms with Gasteiger partial charge in [-0.05, 0) is 48.7 Å². The second-order valence-electron chi connectivity index (χ2n) is 5.76. The molecule has 2 aromatic carbocycles. The van der Waals surface area contributed by atoms with Gasteiger partial charge < -0.3 is 9.64 Å². The molecule has 0 aliphatic rings. The minimum atomic E-state index is -0.585. The molecule has 1 unspecified atom stereocenters. The molecule has 2 aromatic rings. The molecule has 0 fully saturated rings. The van der Waals surface area contributed by atoms with E-state index in [2.05, 4.69) is 37.3 Å². The van der Waals surface area contributed by atoms with Crippen LogP contribution < -0.4 is 4.74 Å². The third-order valence-corrected chi connectivity index (χ3v) is 3.87. The van der Waals surface area contributed by atoms with Crippen LogP contribution in [0.4, 0.5) is 0 Å². The van der Waals surface area contributed by atoms with Crippen LogP contribution in [-0.2, 0) is 17.8 Å². The Hall–Kier alpha value is -2.80. The number of likely N-dealkylation sites (N-methyl/N-ethyl adjacent to an activating group) is 1. The Kier molecular flexibility index (Phi) is 5.97. The molecule has 4 heteroatoms. The van der Waals surface area contributed by atoms with Crippen LogP contribution in [0, 0.1) is 11.3 Å². The van der Waals surface area contributed by atoms with Gasteiger partial charge in [0.1, 0.15) is 5.75 Å². The van der Waals surface area contributed by atoms with E-state index in [-0.39, 0.29) is 5.91 Å². The Balaban J connectivity index is 1.94. The average molecular weight is 322 g/mol. The summed E-state index contributed by atoms with van der Waals surface area (Å²) in [6, 6.07) is 17.1. The van der Waals surface area contributed by atoms with Crippen molar-refractivity contribution in [3.05, 3.63) is 65.2 Å². The summed E-state index contributed by atoms with van der Waals surface area (Å²) in [7, 11) is 1.77. The molecule has 0 spiro atoms. The van der Waals surface area contributed by atoms with E-state index >= 15 is 0 Å². The first-order chi connectivity index (χ1) is 11.5. The second-order valence-corrected chi connectivity index (χ2v) is 5.76. The average Bonchev–Trinajstić information content (AvgIpc) is 2.62. The van der Waals surface area contributed by atoms with Gasteiger partial charge in [-0.15, -0.1) is 0 Å². The molecule has 0 radical (unpaired) electrons. The fraction of sp³-hybridized carbons (Fsp3) is 0.300. The number of nitriles is 1. The number of hydrogen-bond acceptors (Lipinski definition) is 3. The molecule has 0 aliphatic heterocycles. The molecule has 0 N–H and O–H groups in total. The first-order valence-corrected chi connectivity index (χ1v) is 8.03. The largest absolute Gasteiger partial charge is 0.481 e. The van der Waals surface area contributed by atoms with Crippen LogP contribution in [0.3, 0.4) is 0 Å². The van der Waals surface area contributed by atoms with Gasteiger partial charge >= 0.3 is 0 Å². The van der Waals surface area contributed by atoms with Crippen molar-refractivity contribution in [1.29, 1.82) is 5.26 Å². The van der Waals surface area contributed by atoms with E-state index in [1.807, 2.05) is 0 Å². The quantitative estimate of drug-likeness (QED) is 0.817. The predicted molar refractivity (Wildman–Crippen MR) is 93.5 cm³/mol. The summed E-state index contributed by atoms with van der Waals surface area (Å²) in [4.78, 5) is 14.1. The molecular formula is C20H22N2O2. The molecular weight excluding hydrogens is 300 g/mol. The summed E-state index contributed by atoms with van der Waals surface area (Å²) >= 11 is 0. The number of nitrogens with zero attached hydrogens (tertiary/aromatic N) is 2. The van der Waals surface area contributed by atoms with Crippen LogP contribution in [-0.4, -0.2) is 24.0 Å². The zero-order valence-corrected chi connectivity index (χ0v) is 14.3. The van der Waals surface area contributed by atoms with Gasteiger partial charge in [-0.2, -0.15) is 5.26 Å². The third-order valence-electron chi connectivity index (χ3n) is 3.87. The lowest BCUT2D eigenvalue weighted by atomic mass is 10.1. The highest BCUT2D eigenvalue weighted by atomic mass is 16.5. The normalized spacial score (nSPS) is 11.4. The summed E-state index contributed by atoms with van der Waals surface area (Å²) in [5.41, 5.74) is 2.94. The van der Waals surface area contributed by atoms with E-state index in [1.54, 1.807) is 43.1 Å². The number of benzene rings is 2. The Morgan fingerprint density at radius 2 is 1.71 bits per heavy atom. The molecule has 124 valence electrons. The molecule has 0 bridgehead atoms. The summed E-state index contributed by atoms with van der Waals surface area (Å²) in [6.07, 6.45) is 0.419. The van der Waals surface area contributed by atoms with Crippen molar-refractivity contribution in [2.45, 2.75) is 32.9 Å². The van der Waals surface area contributed by atoms with Crippen molar-refractivity contribution in [2.75, 3.05) is 7.05 Å². The van der Waals surface area contributed by atoms with Crippen LogP contribution in [0.25, 0.3) is 0 Å². The molecule has 0 saturated carbocycles. The van der Waals surface area contributed by atoms with Gasteiger partial charge in [0.2, 0.25) is 0 Å². The highest BCUT2D eigenvalue weighted by Crippen LogP contribution is 2.15.